The van der Waals surface area contributed by atoms with Crippen molar-refractivity contribution in [3.05, 3.63) is 0 Å². The van der Waals surface area contributed by atoms with E-state index in [1.807, 2.05) is 0 Å². The van der Waals surface area contributed by atoms with Crippen molar-refractivity contribution in [3.63, 3.8) is 0 Å². The molecule has 2 rings (SSSR count). The molecule has 7 heavy (non-hydrogen) atoms. The van der Waals surface area contributed by atoms with Crippen LogP contribution in [-0.2, 0) is 0 Å². The maximum Gasteiger partial charge on any atom is 0.0733 e. The molecule has 0 saturated carbocycles. The summed E-state index contributed by atoms with van der Waals surface area (Å²) in [4.78, 5) is 2.44. The Balaban J connectivity index is 2.02. The highest BCUT2D eigenvalue weighted by molar-refractivity contribution is 4.96. The van der Waals surface area contributed by atoms with Crippen LogP contribution in [-0.4, -0.2) is 30.2 Å². The third-order valence-electron chi connectivity index (χ3n) is 1.70. The molecular weight excluding hydrogens is 88.1 g/mol. The molecule has 2 heterocycles. The summed E-state index contributed by atoms with van der Waals surface area (Å²) >= 11 is 0. The van der Waals surface area contributed by atoms with Crippen molar-refractivity contribution in [2.24, 2.45) is 0 Å². The largest absolute Gasteiger partial charge is 0.297 e. The monoisotopic (exact) mass is 98.1 g/mol. The summed E-state index contributed by atoms with van der Waals surface area (Å²) in [7, 11) is 0. The molecule has 0 bridgehead atoms. The zero-order chi connectivity index (χ0) is 4.85. The maximum atomic E-state index is 3.42. The standard InChI is InChI=1S/C5H10N2/c1-4-2-7-3-5(7)6-4/h4-6H,2-3H2,1H3. The van der Waals surface area contributed by atoms with Crippen LogP contribution in [0.2, 0.25) is 0 Å². The summed E-state index contributed by atoms with van der Waals surface area (Å²) in [5, 5.41) is 3.42. The summed E-state index contributed by atoms with van der Waals surface area (Å²) in [5.41, 5.74) is 0. The Morgan fingerprint density at radius 3 is 2.71 bits per heavy atom. The molecule has 3 atom stereocenters. The van der Waals surface area contributed by atoms with Gasteiger partial charge in [0.1, 0.15) is 0 Å². The average Bonchev–Trinajstić information content (AvgIpc) is 2.15. The normalized spacial score (nSPS) is 57.0. The molecule has 2 nitrogen and oxygen atoms in total. The number of nitrogens with one attached hydrogen (secondary N) is 1. The van der Waals surface area contributed by atoms with Crippen LogP contribution in [0, 0.1) is 0 Å². The topological polar surface area (TPSA) is 15.0 Å². The number of hydrogen-bond acceptors (Lipinski definition) is 2. The van der Waals surface area contributed by atoms with Gasteiger partial charge in [0.15, 0.2) is 0 Å². The first-order valence-electron chi connectivity index (χ1n) is 2.86. The summed E-state index contributed by atoms with van der Waals surface area (Å²) in [6, 6.07) is 0.749. The van der Waals surface area contributed by atoms with Gasteiger partial charge in [-0.3, -0.25) is 10.2 Å². The molecule has 2 saturated heterocycles. The lowest BCUT2D eigenvalue weighted by molar-refractivity contribution is 0.561. The third-order valence-corrected chi connectivity index (χ3v) is 1.70. The Morgan fingerprint density at radius 1 is 1.57 bits per heavy atom. The summed E-state index contributed by atoms with van der Waals surface area (Å²) < 4.78 is 0. The number of nitrogens with zero attached hydrogens (tertiary/aromatic N) is 1. The molecule has 2 aliphatic heterocycles. The lowest BCUT2D eigenvalue weighted by atomic mass is 10.3. The first kappa shape index (κ1) is 3.87. The van der Waals surface area contributed by atoms with E-state index in [-0.39, 0.29) is 0 Å². The van der Waals surface area contributed by atoms with E-state index in [1.165, 1.54) is 13.1 Å². The molecule has 2 heteroatoms. The van der Waals surface area contributed by atoms with Crippen LogP contribution in [0.25, 0.3) is 0 Å². The molecule has 0 radical (unpaired) electrons. The van der Waals surface area contributed by atoms with Gasteiger partial charge in [0.25, 0.3) is 0 Å². The fraction of sp³-hybridized carbons (Fsp3) is 1.00. The third kappa shape index (κ3) is 0.469. The lowest BCUT2D eigenvalue weighted by Crippen LogP contribution is -2.25. The van der Waals surface area contributed by atoms with E-state index >= 15 is 0 Å². The Labute approximate surface area is 43.5 Å². The van der Waals surface area contributed by atoms with Crippen LogP contribution < -0.4 is 5.32 Å². The molecule has 0 amide bonds. The van der Waals surface area contributed by atoms with Crippen LogP contribution in [0.1, 0.15) is 6.92 Å². The van der Waals surface area contributed by atoms with Crippen molar-refractivity contribution in [2.45, 2.75) is 19.1 Å². The van der Waals surface area contributed by atoms with Gasteiger partial charge >= 0.3 is 0 Å². The van der Waals surface area contributed by atoms with Crippen molar-refractivity contribution in [1.29, 1.82) is 0 Å². The zero-order valence-electron chi connectivity index (χ0n) is 4.52. The molecule has 0 aromatic heterocycles. The fourth-order valence-corrected chi connectivity index (χ4v) is 1.27. The number of piperazine rings is 1. The van der Waals surface area contributed by atoms with Crippen molar-refractivity contribution >= 4 is 0 Å². The van der Waals surface area contributed by atoms with Crippen molar-refractivity contribution < 1.29 is 0 Å². The van der Waals surface area contributed by atoms with E-state index in [0.29, 0.717) is 0 Å². The van der Waals surface area contributed by atoms with E-state index in [0.717, 1.165) is 12.2 Å². The Kier molecular flexibility index (Phi) is 0.557. The number of rotatable bonds is 0. The molecule has 40 valence electrons. The molecule has 1 N–H and O–H groups in total. The van der Waals surface area contributed by atoms with E-state index in [2.05, 4.69) is 17.1 Å². The smallest absolute Gasteiger partial charge is 0.0733 e. The highest BCUT2D eigenvalue weighted by atomic mass is 15.5. The van der Waals surface area contributed by atoms with E-state index < -0.39 is 0 Å². The van der Waals surface area contributed by atoms with Crippen LogP contribution in [0.4, 0.5) is 0 Å². The van der Waals surface area contributed by atoms with Gasteiger partial charge in [-0.25, -0.2) is 0 Å². The molecule has 0 aromatic rings. The van der Waals surface area contributed by atoms with E-state index in [1.54, 1.807) is 0 Å². The SMILES string of the molecule is CC1CN2CC2N1. The minimum Gasteiger partial charge on any atom is -0.297 e. The Bertz CT molecular complexity index is 82.1. The molecule has 0 spiro atoms. The second-order valence-corrected chi connectivity index (χ2v) is 2.54. The zero-order valence-corrected chi connectivity index (χ0v) is 4.52. The molecule has 2 fully saturated rings. The van der Waals surface area contributed by atoms with Crippen molar-refractivity contribution in [2.75, 3.05) is 13.1 Å². The van der Waals surface area contributed by atoms with Crippen molar-refractivity contribution in [1.82, 2.24) is 10.2 Å². The van der Waals surface area contributed by atoms with Gasteiger partial charge in [-0.05, 0) is 6.92 Å². The second kappa shape index (κ2) is 1.01. The molecule has 0 aliphatic carbocycles. The van der Waals surface area contributed by atoms with E-state index in [4.69, 9.17) is 0 Å². The minimum absolute atomic E-state index is 0.749. The van der Waals surface area contributed by atoms with Gasteiger partial charge in [0.05, 0.1) is 6.17 Å². The first-order chi connectivity index (χ1) is 3.36. The highest BCUT2D eigenvalue weighted by Gasteiger charge is 2.40. The number of fused-ring (bicyclic) bond motifs is 1. The van der Waals surface area contributed by atoms with Gasteiger partial charge in [-0.1, -0.05) is 0 Å². The van der Waals surface area contributed by atoms with Gasteiger partial charge in [-0.15, -0.1) is 0 Å². The quantitative estimate of drug-likeness (QED) is 0.415. The number of hydrogen-bond donors (Lipinski definition) is 1. The van der Waals surface area contributed by atoms with Gasteiger partial charge in [0.2, 0.25) is 0 Å². The second-order valence-electron chi connectivity index (χ2n) is 2.54. The molecular formula is C5H10N2. The Hall–Kier alpha value is -0.0800. The fourth-order valence-electron chi connectivity index (χ4n) is 1.27. The molecule has 2 aliphatic rings. The summed E-state index contributed by atoms with van der Waals surface area (Å²) in [5.74, 6) is 0. The Morgan fingerprint density at radius 2 is 2.43 bits per heavy atom. The van der Waals surface area contributed by atoms with Crippen LogP contribution >= 0.6 is 0 Å². The summed E-state index contributed by atoms with van der Waals surface area (Å²) in [6.07, 6.45) is 0.773. The van der Waals surface area contributed by atoms with Crippen LogP contribution in [0.3, 0.4) is 0 Å². The average molecular weight is 98.1 g/mol. The van der Waals surface area contributed by atoms with Crippen LogP contribution in [0.15, 0.2) is 0 Å². The van der Waals surface area contributed by atoms with E-state index in [9.17, 15) is 0 Å². The summed E-state index contributed by atoms with van der Waals surface area (Å²) in [6.45, 7) is 4.79. The predicted octanol–water partition coefficient (Wildman–Crippen LogP) is -0.380. The first-order valence-corrected chi connectivity index (χ1v) is 2.86. The van der Waals surface area contributed by atoms with Gasteiger partial charge < -0.3 is 0 Å². The van der Waals surface area contributed by atoms with Crippen molar-refractivity contribution in [3.8, 4) is 0 Å². The highest BCUT2D eigenvalue weighted by Crippen LogP contribution is 2.20. The predicted molar refractivity (Wildman–Crippen MR) is 28.0 cm³/mol. The van der Waals surface area contributed by atoms with Gasteiger partial charge in [0, 0.05) is 19.1 Å². The minimum atomic E-state index is 0.749. The molecule has 3 unspecified atom stereocenters. The maximum absolute atomic E-state index is 3.42. The lowest BCUT2D eigenvalue weighted by Gasteiger charge is -2.00. The van der Waals surface area contributed by atoms with Crippen LogP contribution in [0.5, 0.6) is 0 Å². The van der Waals surface area contributed by atoms with Gasteiger partial charge in [-0.2, -0.15) is 0 Å². The molecule has 0 aromatic carbocycles.